The molecule has 0 unspecified atom stereocenters. The molecule has 2 aromatic rings. The Hall–Kier alpha value is -1.84. The van der Waals surface area contributed by atoms with Crippen LogP contribution in [0.25, 0.3) is 11.4 Å². The average molecular weight is 203 g/mol. The molecule has 0 spiro atoms. The first kappa shape index (κ1) is 9.71. The highest BCUT2D eigenvalue weighted by atomic mass is 16.5. The van der Waals surface area contributed by atoms with Gasteiger partial charge in [0.25, 0.3) is 0 Å². The summed E-state index contributed by atoms with van der Waals surface area (Å²) >= 11 is 0. The van der Waals surface area contributed by atoms with Gasteiger partial charge in [0.15, 0.2) is 5.82 Å². The van der Waals surface area contributed by atoms with Crippen LogP contribution in [0.5, 0.6) is 5.75 Å². The summed E-state index contributed by atoms with van der Waals surface area (Å²) in [4.78, 5) is 4.20. The summed E-state index contributed by atoms with van der Waals surface area (Å²) in [5.74, 6) is 1.52. The second kappa shape index (κ2) is 4.13. The molecule has 0 amide bonds. The number of rotatable bonds is 3. The molecule has 2 rings (SSSR count). The molecule has 0 saturated heterocycles. The van der Waals surface area contributed by atoms with Crippen LogP contribution in [0.4, 0.5) is 0 Å². The van der Waals surface area contributed by atoms with Crippen molar-refractivity contribution in [2.75, 3.05) is 6.61 Å². The van der Waals surface area contributed by atoms with E-state index in [-0.39, 0.29) is 0 Å². The first-order chi connectivity index (χ1) is 7.31. The summed E-state index contributed by atoms with van der Waals surface area (Å²) < 4.78 is 7.19. The quantitative estimate of drug-likeness (QED) is 0.764. The SMILES string of the molecule is CCOc1ccccc1-c1ncn(C)n1. The van der Waals surface area contributed by atoms with E-state index in [0.29, 0.717) is 12.4 Å². The minimum absolute atomic E-state index is 0.643. The highest BCUT2D eigenvalue weighted by Gasteiger charge is 2.08. The van der Waals surface area contributed by atoms with Crippen LogP contribution in [0.1, 0.15) is 6.92 Å². The number of hydrogen-bond donors (Lipinski definition) is 0. The zero-order valence-electron chi connectivity index (χ0n) is 8.84. The number of hydrogen-bond acceptors (Lipinski definition) is 3. The second-order valence-corrected chi connectivity index (χ2v) is 3.17. The smallest absolute Gasteiger partial charge is 0.184 e. The maximum atomic E-state index is 5.51. The molecular formula is C11H13N3O. The van der Waals surface area contributed by atoms with Crippen LogP contribution in [-0.4, -0.2) is 21.4 Å². The van der Waals surface area contributed by atoms with Gasteiger partial charge in [0.2, 0.25) is 0 Å². The molecule has 0 bridgehead atoms. The molecule has 0 radical (unpaired) electrons. The zero-order chi connectivity index (χ0) is 10.7. The van der Waals surface area contributed by atoms with E-state index in [1.807, 2.05) is 38.2 Å². The van der Waals surface area contributed by atoms with Gasteiger partial charge in [-0.25, -0.2) is 4.98 Å². The maximum Gasteiger partial charge on any atom is 0.184 e. The van der Waals surface area contributed by atoms with Gasteiger partial charge in [-0.3, -0.25) is 4.68 Å². The van der Waals surface area contributed by atoms with Crippen molar-refractivity contribution < 1.29 is 4.74 Å². The molecule has 0 fully saturated rings. The highest BCUT2D eigenvalue weighted by molar-refractivity contribution is 5.63. The summed E-state index contributed by atoms with van der Waals surface area (Å²) in [6.07, 6.45) is 1.68. The van der Waals surface area contributed by atoms with Crippen LogP contribution in [0.2, 0.25) is 0 Å². The largest absolute Gasteiger partial charge is 0.493 e. The zero-order valence-corrected chi connectivity index (χ0v) is 8.84. The van der Waals surface area contributed by atoms with E-state index in [0.717, 1.165) is 11.3 Å². The van der Waals surface area contributed by atoms with Gasteiger partial charge in [0.05, 0.1) is 12.2 Å². The topological polar surface area (TPSA) is 39.9 Å². The summed E-state index contributed by atoms with van der Waals surface area (Å²) in [7, 11) is 1.85. The molecule has 4 nitrogen and oxygen atoms in total. The molecule has 0 atom stereocenters. The van der Waals surface area contributed by atoms with Crippen molar-refractivity contribution >= 4 is 0 Å². The number of nitrogens with zero attached hydrogens (tertiary/aromatic N) is 3. The third-order valence-corrected chi connectivity index (χ3v) is 2.03. The van der Waals surface area contributed by atoms with Crippen LogP contribution in [-0.2, 0) is 7.05 Å². The lowest BCUT2D eigenvalue weighted by atomic mass is 10.2. The van der Waals surface area contributed by atoms with Gasteiger partial charge in [0.1, 0.15) is 12.1 Å². The van der Waals surface area contributed by atoms with Crippen molar-refractivity contribution in [2.45, 2.75) is 6.92 Å². The fraction of sp³-hybridized carbons (Fsp3) is 0.273. The molecule has 4 heteroatoms. The third kappa shape index (κ3) is 1.98. The average Bonchev–Trinajstić information content (AvgIpc) is 2.66. The Morgan fingerprint density at radius 2 is 2.13 bits per heavy atom. The molecule has 15 heavy (non-hydrogen) atoms. The lowest BCUT2D eigenvalue weighted by Gasteiger charge is -2.06. The lowest BCUT2D eigenvalue weighted by Crippen LogP contribution is -1.95. The van der Waals surface area contributed by atoms with Gasteiger partial charge in [-0.15, -0.1) is 0 Å². The Kier molecular flexibility index (Phi) is 2.67. The van der Waals surface area contributed by atoms with Crippen molar-refractivity contribution in [1.82, 2.24) is 14.8 Å². The van der Waals surface area contributed by atoms with E-state index >= 15 is 0 Å². The van der Waals surface area contributed by atoms with E-state index in [9.17, 15) is 0 Å². The fourth-order valence-electron chi connectivity index (χ4n) is 1.40. The molecule has 0 N–H and O–H groups in total. The molecule has 0 aliphatic heterocycles. The molecule has 0 aliphatic carbocycles. The van der Waals surface area contributed by atoms with E-state index in [1.165, 1.54) is 0 Å². The van der Waals surface area contributed by atoms with Gasteiger partial charge >= 0.3 is 0 Å². The van der Waals surface area contributed by atoms with E-state index in [1.54, 1.807) is 11.0 Å². The minimum atomic E-state index is 0.643. The van der Waals surface area contributed by atoms with Crippen LogP contribution < -0.4 is 4.74 Å². The van der Waals surface area contributed by atoms with Crippen molar-refractivity contribution in [3.63, 3.8) is 0 Å². The summed E-state index contributed by atoms with van der Waals surface area (Å²) in [5, 5.41) is 4.25. The first-order valence-electron chi connectivity index (χ1n) is 4.89. The van der Waals surface area contributed by atoms with Crippen molar-refractivity contribution in [1.29, 1.82) is 0 Å². The Morgan fingerprint density at radius 1 is 1.33 bits per heavy atom. The normalized spacial score (nSPS) is 10.3. The monoisotopic (exact) mass is 203 g/mol. The molecule has 0 saturated carbocycles. The lowest BCUT2D eigenvalue weighted by molar-refractivity contribution is 0.341. The first-order valence-corrected chi connectivity index (χ1v) is 4.89. The van der Waals surface area contributed by atoms with Crippen molar-refractivity contribution in [3.8, 4) is 17.1 Å². The molecule has 0 aliphatic rings. The number of para-hydroxylation sites is 1. The van der Waals surface area contributed by atoms with Gasteiger partial charge in [-0.1, -0.05) is 12.1 Å². The van der Waals surface area contributed by atoms with Crippen LogP contribution in [0, 0.1) is 0 Å². The number of aromatic nitrogens is 3. The maximum absolute atomic E-state index is 5.51. The Labute approximate surface area is 88.5 Å². The molecule has 1 heterocycles. The predicted molar refractivity (Wildman–Crippen MR) is 57.6 cm³/mol. The number of aryl methyl sites for hydroxylation is 1. The van der Waals surface area contributed by atoms with Crippen molar-refractivity contribution in [3.05, 3.63) is 30.6 Å². The van der Waals surface area contributed by atoms with Gasteiger partial charge in [-0.2, -0.15) is 5.10 Å². The van der Waals surface area contributed by atoms with E-state index in [4.69, 9.17) is 4.74 Å². The predicted octanol–water partition coefficient (Wildman–Crippen LogP) is 1.88. The Balaban J connectivity index is 2.42. The van der Waals surface area contributed by atoms with Crippen LogP contribution in [0.15, 0.2) is 30.6 Å². The fourth-order valence-corrected chi connectivity index (χ4v) is 1.40. The third-order valence-electron chi connectivity index (χ3n) is 2.03. The number of ether oxygens (including phenoxy) is 1. The summed E-state index contributed by atoms with van der Waals surface area (Å²) in [6.45, 7) is 2.60. The molecule has 1 aromatic heterocycles. The van der Waals surface area contributed by atoms with E-state index < -0.39 is 0 Å². The minimum Gasteiger partial charge on any atom is -0.493 e. The molecular weight excluding hydrogens is 190 g/mol. The Bertz CT molecular complexity index is 451. The summed E-state index contributed by atoms with van der Waals surface area (Å²) in [6, 6.07) is 7.78. The molecule has 78 valence electrons. The highest BCUT2D eigenvalue weighted by Crippen LogP contribution is 2.26. The molecule has 1 aromatic carbocycles. The van der Waals surface area contributed by atoms with Crippen molar-refractivity contribution in [2.24, 2.45) is 7.05 Å². The van der Waals surface area contributed by atoms with Gasteiger partial charge in [-0.05, 0) is 19.1 Å². The van der Waals surface area contributed by atoms with Crippen LogP contribution in [0.3, 0.4) is 0 Å². The standard InChI is InChI=1S/C11H13N3O/c1-3-15-10-7-5-4-6-9(10)11-12-8-14(2)13-11/h4-8H,3H2,1-2H3. The van der Waals surface area contributed by atoms with Gasteiger partial charge in [0, 0.05) is 7.05 Å². The second-order valence-electron chi connectivity index (χ2n) is 3.17. The van der Waals surface area contributed by atoms with Gasteiger partial charge < -0.3 is 4.74 Å². The van der Waals surface area contributed by atoms with E-state index in [2.05, 4.69) is 10.1 Å². The van der Waals surface area contributed by atoms with Crippen LogP contribution >= 0.6 is 0 Å². The summed E-state index contributed by atoms with van der Waals surface area (Å²) in [5.41, 5.74) is 0.931. The Morgan fingerprint density at radius 3 is 2.80 bits per heavy atom. The number of benzene rings is 1.